The molecule has 2 fully saturated rings. The number of piperidine rings is 1. The molecule has 38 heavy (non-hydrogen) atoms. The van der Waals surface area contributed by atoms with Gasteiger partial charge in [-0.1, -0.05) is 54.6 Å². The highest BCUT2D eigenvalue weighted by molar-refractivity contribution is 6.00. The maximum Gasteiger partial charge on any atom is 0.410 e. The predicted octanol–water partition coefficient (Wildman–Crippen LogP) is 4.92. The zero-order valence-electron chi connectivity index (χ0n) is 21.1. The van der Waals surface area contributed by atoms with Crippen molar-refractivity contribution in [3.05, 3.63) is 95.8 Å². The van der Waals surface area contributed by atoms with Crippen molar-refractivity contribution in [2.75, 3.05) is 29.9 Å². The second-order valence-corrected chi connectivity index (χ2v) is 9.84. The third kappa shape index (κ3) is 5.65. The summed E-state index contributed by atoms with van der Waals surface area (Å²) in [6.07, 6.45) is 1.39. The molecule has 0 unspecified atom stereocenters. The predicted molar refractivity (Wildman–Crippen MR) is 143 cm³/mol. The van der Waals surface area contributed by atoms with Gasteiger partial charge >= 0.3 is 6.09 Å². The van der Waals surface area contributed by atoms with Gasteiger partial charge in [-0.25, -0.2) is 9.18 Å². The van der Waals surface area contributed by atoms with E-state index in [4.69, 9.17) is 4.74 Å². The van der Waals surface area contributed by atoms with Crippen molar-refractivity contribution >= 4 is 23.4 Å². The van der Waals surface area contributed by atoms with Gasteiger partial charge in [0.1, 0.15) is 18.5 Å². The Morgan fingerprint density at radius 1 is 0.947 bits per heavy atom. The summed E-state index contributed by atoms with van der Waals surface area (Å²) in [4.78, 5) is 30.4. The summed E-state index contributed by atoms with van der Waals surface area (Å²) in [5, 5.41) is 14.3. The fraction of sp³-hybridized carbons (Fsp3) is 0.333. The van der Waals surface area contributed by atoms with E-state index in [1.54, 1.807) is 12.1 Å². The van der Waals surface area contributed by atoms with E-state index < -0.39 is 35.9 Å². The van der Waals surface area contributed by atoms with E-state index in [1.165, 1.54) is 23.5 Å². The molecule has 5 rings (SSSR count). The molecule has 198 valence electrons. The van der Waals surface area contributed by atoms with Gasteiger partial charge in [0.15, 0.2) is 0 Å². The standard InChI is InChI=1S/C30H32FN3O4/c31-23-13-9-12-22(18-23)24-19-34(30(37)38-20-21-10-3-1-4-11-21)27(28(24)35)29(36)32-25-14-5-6-15-26(25)33-16-7-2-8-17-33/h1,3-6,9-15,18,24,27-28,35H,2,7-8,16-17,19-20H2,(H,32,36)/t24-,27+,28-/m0/s1. The molecule has 0 aliphatic carbocycles. The molecule has 2 amide bonds. The van der Waals surface area contributed by atoms with Crippen LogP contribution in [0.15, 0.2) is 78.9 Å². The van der Waals surface area contributed by atoms with Gasteiger partial charge in [0.2, 0.25) is 5.91 Å². The smallest absolute Gasteiger partial charge is 0.410 e. The van der Waals surface area contributed by atoms with E-state index in [0.29, 0.717) is 11.3 Å². The maximum absolute atomic E-state index is 14.0. The highest BCUT2D eigenvalue weighted by atomic mass is 19.1. The summed E-state index contributed by atoms with van der Waals surface area (Å²) in [6.45, 7) is 1.85. The van der Waals surface area contributed by atoms with Crippen LogP contribution in [-0.4, -0.2) is 53.8 Å². The number of aliphatic hydroxyl groups excluding tert-OH is 1. The zero-order valence-corrected chi connectivity index (χ0v) is 21.1. The number of nitrogens with zero attached hydrogens (tertiary/aromatic N) is 2. The number of nitrogens with one attached hydrogen (secondary N) is 1. The van der Waals surface area contributed by atoms with Crippen LogP contribution < -0.4 is 10.2 Å². The van der Waals surface area contributed by atoms with Crippen LogP contribution in [0.4, 0.5) is 20.6 Å². The minimum Gasteiger partial charge on any atom is -0.445 e. The number of halogens is 1. The van der Waals surface area contributed by atoms with Crippen molar-refractivity contribution in [2.45, 2.75) is 43.9 Å². The lowest BCUT2D eigenvalue weighted by molar-refractivity contribution is -0.122. The number of carbonyl (C=O) groups is 2. The number of hydrogen-bond donors (Lipinski definition) is 2. The van der Waals surface area contributed by atoms with E-state index in [9.17, 15) is 19.1 Å². The molecule has 0 aromatic heterocycles. The molecular formula is C30H32FN3O4. The Bertz CT molecular complexity index is 1270. The number of carbonyl (C=O) groups excluding carboxylic acids is 2. The van der Waals surface area contributed by atoms with Gasteiger partial charge in [0.25, 0.3) is 0 Å². The van der Waals surface area contributed by atoms with Crippen LogP contribution in [0.1, 0.15) is 36.3 Å². The fourth-order valence-corrected chi connectivity index (χ4v) is 5.36. The average molecular weight is 518 g/mol. The molecule has 0 spiro atoms. The van der Waals surface area contributed by atoms with E-state index in [2.05, 4.69) is 10.2 Å². The second kappa shape index (κ2) is 11.6. The number of para-hydroxylation sites is 2. The SMILES string of the molecule is O=C(Nc1ccccc1N1CCCCC1)[C@H]1[C@@H](O)[C@H](c2cccc(F)c2)CN1C(=O)OCc1ccccc1. The molecule has 8 heteroatoms. The molecule has 3 aromatic carbocycles. The molecule has 7 nitrogen and oxygen atoms in total. The number of rotatable bonds is 6. The van der Waals surface area contributed by atoms with Crippen molar-refractivity contribution in [1.29, 1.82) is 0 Å². The Hall–Kier alpha value is -3.91. The minimum atomic E-state index is -1.25. The van der Waals surface area contributed by atoms with Crippen molar-refractivity contribution < 1.29 is 23.8 Å². The summed E-state index contributed by atoms with van der Waals surface area (Å²) in [6, 6.07) is 21.5. The Labute approximate surface area is 221 Å². The van der Waals surface area contributed by atoms with Gasteiger partial charge in [-0.3, -0.25) is 9.69 Å². The molecule has 2 aliphatic rings. The molecule has 3 aromatic rings. The number of likely N-dealkylation sites (tertiary alicyclic amines) is 1. The number of ether oxygens (including phenoxy) is 1. The topological polar surface area (TPSA) is 82.1 Å². The van der Waals surface area contributed by atoms with Crippen LogP contribution >= 0.6 is 0 Å². The molecule has 2 N–H and O–H groups in total. The fourth-order valence-electron chi connectivity index (χ4n) is 5.36. The van der Waals surface area contributed by atoms with Crippen molar-refractivity contribution in [3.8, 4) is 0 Å². The Balaban J connectivity index is 1.39. The molecule has 2 saturated heterocycles. The number of hydrogen-bond acceptors (Lipinski definition) is 5. The lowest BCUT2D eigenvalue weighted by Gasteiger charge is -2.31. The van der Waals surface area contributed by atoms with Gasteiger partial charge in [0.05, 0.1) is 17.5 Å². The van der Waals surface area contributed by atoms with Gasteiger partial charge in [-0.2, -0.15) is 0 Å². The van der Waals surface area contributed by atoms with Crippen LogP contribution in [0, 0.1) is 5.82 Å². The Morgan fingerprint density at radius 3 is 2.45 bits per heavy atom. The number of anilines is 2. The molecule has 0 saturated carbocycles. The molecule has 0 bridgehead atoms. The normalized spacial score (nSPS) is 21.3. The summed E-state index contributed by atoms with van der Waals surface area (Å²) < 4.78 is 19.5. The van der Waals surface area contributed by atoms with E-state index in [0.717, 1.165) is 37.2 Å². The second-order valence-electron chi connectivity index (χ2n) is 9.84. The van der Waals surface area contributed by atoms with Crippen LogP contribution in [-0.2, 0) is 16.1 Å². The quantitative estimate of drug-likeness (QED) is 0.485. The Kier molecular flexibility index (Phi) is 7.89. The van der Waals surface area contributed by atoms with Crippen molar-refractivity contribution in [3.63, 3.8) is 0 Å². The molecular weight excluding hydrogens is 485 g/mol. The van der Waals surface area contributed by atoms with Crippen molar-refractivity contribution in [2.24, 2.45) is 0 Å². The van der Waals surface area contributed by atoms with Crippen LogP contribution in [0.2, 0.25) is 0 Å². The van der Waals surface area contributed by atoms with Gasteiger partial charge < -0.3 is 20.1 Å². The van der Waals surface area contributed by atoms with E-state index in [1.807, 2.05) is 54.6 Å². The first-order valence-corrected chi connectivity index (χ1v) is 13.1. The average Bonchev–Trinajstić information content (AvgIpc) is 3.30. The monoisotopic (exact) mass is 517 g/mol. The lowest BCUT2D eigenvalue weighted by Crippen LogP contribution is -2.48. The minimum absolute atomic E-state index is 0.0180. The number of aliphatic hydroxyl groups is 1. The molecule has 0 radical (unpaired) electrons. The summed E-state index contributed by atoms with van der Waals surface area (Å²) >= 11 is 0. The lowest BCUT2D eigenvalue weighted by atomic mass is 9.93. The Morgan fingerprint density at radius 2 is 1.68 bits per heavy atom. The van der Waals surface area contributed by atoms with Gasteiger partial charge in [0, 0.05) is 25.6 Å². The van der Waals surface area contributed by atoms with Crippen LogP contribution in [0.3, 0.4) is 0 Å². The van der Waals surface area contributed by atoms with Crippen LogP contribution in [0.25, 0.3) is 0 Å². The number of amides is 2. The van der Waals surface area contributed by atoms with Crippen molar-refractivity contribution in [1.82, 2.24) is 4.90 Å². The molecule has 2 heterocycles. The number of benzene rings is 3. The maximum atomic E-state index is 14.0. The van der Waals surface area contributed by atoms with Gasteiger partial charge in [-0.05, 0) is 54.7 Å². The van der Waals surface area contributed by atoms with E-state index >= 15 is 0 Å². The summed E-state index contributed by atoms with van der Waals surface area (Å²) in [5.41, 5.74) is 2.85. The van der Waals surface area contributed by atoms with Gasteiger partial charge in [-0.15, -0.1) is 0 Å². The summed E-state index contributed by atoms with van der Waals surface area (Å²) in [7, 11) is 0. The van der Waals surface area contributed by atoms with Crippen LogP contribution in [0.5, 0.6) is 0 Å². The third-order valence-corrected chi connectivity index (χ3v) is 7.31. The largest absolute Gasteiger partial charge is 0.445 e. The first-order valence-electron chi connectivity index (χ1n) is 13.1. The molecule has 3 atom stereocenters. The first kappa shape index (κ1) is 25.7. The summed E-state index contributed by atoms with van der Waals surface area (Å²) in [5.74, 6) is -1.61. The molecule has 2 aliphatic heterocycles. The highest BCUT2D eigenvalue weighted by Crippen LogP contribution is 2.35. The first-order chi connectivity index (χ1) is 18.5. The highest BCUT2D eigenvalue weighted by Gasteiger charge is 2.48. The zero-order chi connectivity index (χ0) is 26.5. The third-order valence-electron chi connectivity index (χ3n) is 7.31. The van der Waals surface area contributed by atoms with E-state index in [-0.39, 0.29) is 13.2 Å².